The van der Waals surface area contributed by atoms with Gasteiger partial charge in [-0.25, -0.2) is 0 Å². The van der Waals surface area contributed by atoms with Gasteiger partial charge in [0.2, 0.25) is 0 Å². The fourth-order valence-corrected chi connectivity index (χ4v) is 10.4. The van der Waals surface area contributed by atoms with Gasteiger partial charge in [-0.2, -0.15) is 0 Å². The van der Waals surface area contributed by atoms with Crippen LogP contribution in [0.25, 0.3) is 34.2 Å². The number of nitrogens with zero attached hydrogens (tertiary/aromatic N) is 6. The SMILES string of the molecule is c1ccc([Si](c2ccnc(-c3ccccn3)c2)(c2ccnc(-c3ccccn3)c2)c2ccnc(-c3ccccn3)c2)cc1. The van der Waals surface area contributed by atoms with Crippen molar-refractivity contribution in [1.29, 1.82) is 0 Å². The first-order valence-corrected chi connectivity index (χ1v) is 16.0. The van der Waals surface area contributed by atoms with Crippen molar-refractivity contribution in [2.45, 2.75) is 0 Å². The predicted molar refractivity (Wildman–Crippen MR) is 173 cm³/mol. The molecule has 7 aromatic rings. The van der Waals surface area contributed by atoms with Gasteiger partial charge in [0.25, 0.3) is 0 Å². The van der Waals surface area contributed by atoms with Gasteiger partial charge in [0.1, 0.15) is 0 Å². The highest BCUT2D eigenvalue weighted by Crippen LogP contribution is 2.19. The maximum absolute atomic E-state index is 4.75. The van der Waals surface area contributed by atoms with Gasteiger partial charge in [0.15, 0.2) is 8.07 Å². The number of benzene rings is 1. The number of hydrogen-bond acceptors (Lipinski definition) is 6. The van der Waals surface area contributed by atoms with Crippen molar-refractivity contribution >= 4 is 28.8 Å². The molecule has 0 N–H and O–H groups in total. The Morgan fingerprint density at radius 1 is 0.279 bits per heavy atom. The Hall–Kier alpha value is -5.66. The van der Waals surface area contributed by atoms with Crippen LogP contribution in [-0.4, -0.2) is 38.0 Å². The van der Waals surface area contributed by atoms with E-state index in [2.05, 4.69) is 81.7 Å². The van der Waals surface area contributed by atoms with Crippen molar-refractivity contribution in [1.82, 2.24) is 29.9 Å². The molecule has 0 bridgehead atoms. The van der Waals surface area contributed by atoms with Crippen LogP contribution in [0.1, 0.15) is 0 Å². The zero-order valence-electron chi connectivity index (χ0n) is 23.2. The molecule has 7 rings (SSSR count). The summed E-state index contributed by atoms with van der Waals surface area (Å²) in [6.45, 7) is 0. The van der Waals surface area contributed by atoms with Crippen molar-refractivity contribution in [2.24, 2.45) is 0 Å². The van der Waals surface area contributed by atoms with E-state index in [1.165, 1.54) is 20.7 Å². The van der Waals surface area contributed by atoms with Crippen molar-refractivity contribution < 1.29 is 0 Å². The topological polar surface area (TPSA) is 77.3 Å². The lowest BCUT2D eigenvalue weighted by molar-refractivity contribution is 1.25. The molecule has 6 aromatic heterocycles. The molecule has 0 fully saturated rings. The fourth-order valence-electron chi connectivity index (χ4n) is 5.64. The van der Waals surface area contributed by atoms with Crippen LogP contribution in [0.5, 0.6) is 0 Å². The van der Waals surface area contributed by atoms with Gasteiger partial charge in [-0.3, -0.25) is 29.9 Å². The lowest BCUT2D eigenvalue weighted by Crippen LogP contribution is -2.74. The first-order valence-electron chi connectivity index (χ1n) is 14.0. The van der Waals surface area contributed by atoms with Crippen LogP contribution in [-0.2, 0) is 0 Å². The number of aromatic nitrogens is 6. The summed E-state index contributed by atoms with van der Waals surface area (Å²) < 4.78 is 0. The molecule has 0 aliphatic heterocycles. The maximum Gasteiger partial charge on any atom is 0.180 e. The lowest BCUT2D eigenvalue weighted by Gasteiger charge is -2.34. The molecule has 0 saturated heterocycles. The lowest BCUT2D eigenvalue weighted by atomic mass is 10.2. The van der Waals surface area contributed by atoms with E-state index >= 15 is 0 Å². The van der Waals surface area contributed by atoms with Gasteiger partial charge in [-0.1, -0.05) is 48.5 Å². The van der Waals surface area contributed by atoms with E-state index in [4.69, 9.17) is 15.0 Å². The van der Waals surface area contributed by atoms with Crippen LogP contribution in [0, 0.1) is 0 Å². The third kappa shape index (κ3) is 5.02. The average molecular weight is 571 g/mol. The van der Waals surface area contributed by atoms with E-state index < -0.39 is 8.07 Å². The Labute approximate surface area is 250 Å². The van der Waals surface area contributed by atoms with Crippen molar-refractivity contribution in [3.63, 3.8) is 0 Å². The van der Waals surface area contributed by atoms with Crippen molar-refractivity contribution in [3.8, 4) is 34.2 Å². The largest absolute Gasteiger partial charge is 0.255 e. The summed E-state index contributed by atoms with van der Waals surface area (Å²) in [6, 6.07) is 41.5. The molecule has 0 aliphatic carbocycles. The third-order valence-corrected chi connectivity index (χ3v) is 12.3. The smallest absolute Gasteiger partial charge is 0.180 e. The minimum atomic E-state index is -3.00. The molecule has 0 spiro atoms. The van der Waals surface area contributed by atoms with Gasteiger partial charge >= 0.3 is 0 Å². The molecule has 0 unspecified atom stereocenters. The van der Waals surface area contributed by atoms with E-state index in [1.807, 2.05) is 73.2 Å². The molecule has 204 valence electrons. The molecular weight excluding hydrogens is 545 g/mol. The van der Waals surface area contributed by atoms with Crippen molar-refractivity contribution in [2.75, 3.05) is 0 Å². The van der Waals surface area contributed by atoms with Gasteiger partial charge in [-0.15, -0.1) is 0 Å². The minimum Gasteiger partial charge on any atom is -0.255 e. The summed E-state index contributed by atoms with van der Waals surface area (Å²) in [4.78, 5) is 28.1. The van der Waals surface area contributed by atoms with Crippen molar-refractivity contribution in [3.05, 3.63) is 159 Å². The van der Waals surface area contributed by atoms with E-state index in [1.54, 1.807) is 18.6 Å². The molecule has 6 heterocycles. The second-order valence-electron chi connectivity index (χ2n) is 10.1. The highest BCUT2D eigenvalue weighted by atomic mass is 28.3. The molecule has 7 heteroatoms. The van der Waals surface area contributed by atoms with E-state index in [9.17, 15) is 0 Å². The Morgan fingerprint density at radius 3 is 0.977 bits per heavy atom. The Morgan fingerprint density at radius 2 is 0.628 bits per heavy atom. The summed E-state index contributed by atoms with van der Waals surface area (Å²) in [5.74, 6) is 0. The van der Waals surface area contributed by atoms with Crippen LogP contribution in [0.3, 0.4) is 0 Å². The summed E-state index contributed by atoms with van der Waals surface area (Å²) in [7, 11) is -3.00. The summed E-state index contributed by atoms with van der Waals surface area (Å²) >= 11 is 0. The van der Waals surface area contributed by atoms with E-state index in [0.717, 1.165) is 34.2 Å². The standard InChI is InChI=1S/C36H26N6Si/c1-2-10-27(11-3-1)43(28-15-21-40-34(24-28)31-12-4-7-18-37-31,29-16-22-41-35(25-29)32-13-5-8-19-38-32)30-17-23-42-36(26-30)33-14-6-9-20-39-33/h1-26H. The Bertz CT molecular complexity index is 1770. The van der Waals surface area contributed by atoms with Crippen LogP contribution in [0.2, 0.25) is 0 Å². The first-order chi connectivity index (χ1) is 21.3. The average Bonchev–Trinajstić information content (AvgIpc) is 3.11. The van der Waals surface area contributed by atoms with Gasteiger partial charge in [0, 0.05) is 37.2 Å². The highest BCUT2D eigenvalue weighted by molar-refractivity contribution is 7.20. The molecule has 0 atom stereocenters. The van der Waals surface area contributed by atoms with Crippen LogP contribution in [0.15, 0.2) is 159 Å². The molecule has 1 aromatic carbocycles. The molecule has 0 aliphatic rings. The van der Waals surface area contributed by atoms with Crippen LogP contribution < -0.4 is 20.7 Å². The van der Waals surface area contributed by atoms with E-state index in [-0.39, 0.29) is 0 Å². The zero-order chi connectivity index (χ0) is 28.9. The number of pyridine rings is 6. The number of rotatable bonds is 7. The van der Waals surface area contributed by atoms with Gasteiger partial charge < -0.3 is 0 Å². The molecule has 43 heavy (non-hydrogen) atoms. The summed E-state index contributed by atoms with van der Waals surface area (Å²) in [5, 5.41) is 4.74. The Balaban J connectivity index is 1.56. The second kappa shape index (κ2) is 11.7. The van der Waals surface area contributed by atoms with Gasteiger partial charge in [-0.05, 0) is 93.5 Å². The minimum absolute atomic E-state index is 0.823. The predicted octanol–water partition coefficient (Wildman–Crippen LogP) is 4.44. The summed E-state index contributed by atoms with van der Waals surface area (Å²) in [6.07, 6.45) is 11.1. The molecule has 0 saturated carbocycles. The third-order valence-electron chi connectivity index (χ3n) is 7.57. The maximum atomic E-state index is 4.75. The quantitative estimate of drug-likeness (QED) is 0.264. The second-order valence-corrected chi connectivity index (χ2v) is 13.9. The number of hydrogen-bond donors (Lipinski definition) is 0. The highest BCUT2D eigenvalue weighted by Gasteiger charge is 2.42. The van der Waals surface area contributed by atoms with Crippen LogP contribution >= 0.6 is 0 Å². The molecule has 0 amide bonds. The zero-order valence-corrected chi connectivity index (χ0v) is 24.2. The van der Waals surface area contributed by atoms with Gasteiger partial charge in [0.05, 0.1) is 34.2 Å². The molecule has 0 radical (unpaired) electrons. The molecular formula is C36H26N6Si. The molecule has 6 nitrogen and oxygen atoms in total. The summed E-state index contributed by atoms with van der Waals surface area (Å²) in [5.41, 5.74) is 4.95. The fraction of sp³-hybridized carbons (Fsp3) is 0. The van der Waals surface area contributed by atoms with E-state index in [0.29, 0.717) is 0 Å². The monoisotopic (exact) mass is 570 g/mol. The first kappa shape index (κ1) is 26.2. The normalized spacial score (nSPS) is 11.3. The Kier molecular flexibility index (Phi) is 7.13. The van der Waals surface area contributed by atoms with Crippen LogP contribution in [0.4, 0.5) is 0 Å².